The van der Waals surface area contributed by atoms with Gasteiger partial charge in [0.2, 0.25) is 6.79 Å². The Kier molecular flexibility index (Phi) is 11.7. The lowest BCUT2D eigenvalue weighted by atomic mass is 9.86. The molecule has 4 atom stereocenters. The molecule has 218 valence electrons. The van der Waals surface area contributed by atoms with Crippen LogP contribution in [0.15, 0.2) is 42.6 Å². The second-order valence-corrected chi connectivity index (χ2v) is 10.3. The molecule has 1 aliphatic rings. The first-order valence-electron chi connectivity index (χ1n) is 13.7. The lowest BCUT2D eigenvalue weighted by Crippen LogP contribution is -2.44. The maximum atomic E-state index is 13.3. The average Bonchev–Trinajstić information content (AvgIpc) is 2.96. The first-order chi connectivity index (χ1) is 19.2. The van der Waals surface area contributed by atoms with Gasteiger partial charge < -0.3 is 29.0 Å². The lowest BCUT2D eigenvalue weighted by molar-refractivity contribution is -0.154. The summed E-state index contributed by atoms with van der Waals surface area (Å²) in [5, 5.41) is 2.72. The number of hydrogen-bond acceptors (Lipinski definition) is 9. The fourth-order valence-corrected chi connectivity index (χ4v) is 4.66. The molecule has 1 amide bonds. The van der Waals surface area contributed by atoms with Crippen molar-refractivity contribution >= 4 is 17.8 Å². The first-order valence-corrected chi connectivity index (χ1v) is 13.7. The van der Waals surface area contributed by atoms with Crippen molar-refractivity contribution < 1.29 is 38.1 Å². The quantitative estimate of drug-likeness (QED) is 0.322. The van der Waals surface area contributed by atoms with Crippen molar-refractivity contribution in [1.29, 1.82) is 0 Å². The van der Waals surface area contributed by atoms with E-state index in [2.05, 4.69) is 36.3 Å². The van der Waals surface area contributed by atoms with Crippen LogP contribution >= 0.6 is 0 Å². The minimum absolute atomic E-state index is 0.0117. The Labute approximate surface area is 235 Å². The highest BCUT2D eigenvalue weighted by molar-refractivity contribution is 5.98. The van der Waals surface area contributed by atoms with Crippen LogP contribution in [0.25, 0.3) is 0 Å². The van der Waals surface area contributed by atoms with E-state index in [1.807, 2.05) is 25.1 Å². The molecular formula is C30H40N2O8. The molecular weight excluding hydrogens is 516 g/mol. The van der Waals surface area contributed by atoms with Crippen LogP contribution in [0.2, 0.25) is 0 Å². The van der Waals surface area contributed by atoms with Gasteiger partial charge in [0.25, 0.3) is 5.91 Å². The van der Waals surface area contributed by atoms with E-state index < -0.39 is 36.8 Å². The minimum atomic E-state index is -0.967. The monoisotopic (exact) mass is 556 g/mol. The molecule has 1 saturated heterocycles. The fraction of sp³-hybridized carbons (Fsp3) is 0.533. The highest BCUT2D eigenvalue weighted by atomic mass is 16.7. The van der Waals surface area contributed by atoms with Crippen LogP contribution < -0.4 is 14.8 Å². The SMILES string of the molecule is COc1ccnc(C(=O)N[C@H]2CCO[C@H](Cc3ccccc3)[C@@H](CCC(C)C)[C@H](C)OC2=O)c1OCOC(C)=O. The standard InChI is InChI=1S/C30H40N2O8/c1-19(2)11-12-23-20(3)40-30(35)24(14-16-37-26(23)17-22-9-7-6-8-10-22)32-29(34)27-28(39-18-38-21(4)33)25(36-5)13-15-31-27/h6-10,13,15,19-20,23-24,26H,11-12,14,16-18H2,1-5H3,(H,32,34)/t20-,23-,24-,26+/m0/s1. The maximum absolute atomic E-state index is 13.3. The molecule has 10 nitrogen and oxygen atoms in total. The van der Waals surface area contributed by atoms with Gasteiger partial charge in [-0.05, 0) is 31.2 Å². The summed E-state index contributed by atoms with van der Waals surface area (Å²) in [6.07, 6.45) is 3.53. The van der Waals surface area contributed by atoms with Gasteiger partial charge in [-0.1, -0.05) is 50.6 Å². The van der Waals surface area contributed by atoms with Crippen LogP contribution in [-0.4, -0.2) is 61.6 Å². The summed E-state index contributed by atoms with van der Waals surface area (Å²) in [5.41, 5.74) is 1.03. The Morgan fingerprint density at radius 3 is 2.60 bits per heavy atom. The van der Waals surface area contributed by atoms with E-state index in [0.29, 0.717) is 12.3 Å². The van der Waals surface area contributed by atoms with Crippen LogP contribution in [0.3, 0.4) is 0 Å². The van der Waals surface area contributed by atoms with Crippen molar-refractivity contribution in [2.75, 3.05) is 20.5 Å². The third-order valence-corrected chi connectivity index (χ3v) is 6.84. The molecule has 10 heteroatoms. The molecule has 0 saturated carbocycles. The normalized spacial score (nSPS) is 21.4. The number of nitrogens with one attached hydrogen (secondary N) is 1. The van der Waals surface area contributed by atoms with Crippen molar-refractivity contribution in [1.82, 2.24) is 10.3 Å². The van der Waals surface area contributed by atoms with E-state index >= 15 is 0 Å². The van der Waals surface area contributed by atoms with Gasteiger partial charge in [0, 0.05) is 38.1 Å². The molecule has 0 radical (unpaired) electrons. The molecule has 1 aliphatic heterocycles. The Bertz CT molecular complexity index is 1120. The van der Waals surface area contributed by atoms with E-state index in [4.69, 9.17) is 23.7 Å². The van der Waals surface area contributed by atoms with Gasteiger partial charge in [-0.3, -0.25) is 9.59 Å². The molecule has 2 aromatic rings. The molecule has 0 bridgehead atoms. The van der Waals surface area contributed by atoms with Crippen LogP contribution in [-0.2, 0) is 30.2 Å². The van der Waals surface area contributed by atoms with Crippen LogP contribution in [0.4, 0.5) is 0 Å². The molecule has 1 aromatic carbocycles. The van der Waals surface area contributed by atoms with Crippen molar-refractivity contribution in [2.45, 2.75) is 71.6 Å². The number of hydrogen-bond donors (Lipinski definition) is 1. The summed E-state index contributed by atoms with van der Waals surface area (Å²) in [7, 11) is 1.41. The van der Waals surface area contributed by atoms with E-state index in [9.17, 15) is 14.4 Å². The smallest absolute Gasteiger partial charge is 0.329 e. The first kappa shape index (κ1) is 30.9. The number of aromatic nitrogens is 1. The van der Waals surface area contributed by atoms with Crippen molar-refractivity contribution in [3.8, 4) is 11.5 Å². The number of amides is 1. The van der Waals surface area contributed by atoms with Gasteiger partial charge in [0.05, 0.1) is 13.2 Å². The molecule has 40 heavy (non-hydrogen) atoms. The Balaban J connectivity index is 1.78. The van der Waals surface area contributed by atoms with Crippen molar-refractivity contribution in [3.63, 3.8) is 0 Å². The highest BCUT2D eigenvalue weighted by Crippen LogP contribution is 2.31. The van der Waals surface area contributed by atoms with Crippen LogP contribution in [0.5, 0.6) is 11.5 Å². The minimum Gasteiger partial charge on any atom is -0.493 e. The van der Waals surface area contributed by atoms with E-state index in [0.717, 1.165) is 18.4 Å². The topological polar surface area (TPSA) is 122 Å². The van der Waals surface area contributed by atoms with Gasteiger partial charge in [0.15, 0.2) is 17.2 Å². The molecule has 0 spiro atoms. The van der Waals surface area contributed by atoms with Crippen molar-refractivity contribution in [3.05, 3.63) is 53.9 Å². The largest absolute Gasteiger partial charge is 0.493 e. The number of esters is 2. The summed E-state index contributed by atoms with van der Waals surface area (Å²) < 4.78 is 27.9. The number of carbonyl (C=O) groups is 3. The number of ether oxygens (including phenoxy) is 5. The molecule has 3 rings (SSSR count). The molecule has 0 unspecified atom stereocenters. The summed E-state index contributed by atoms with van der Waals surface area (Å²) in [6.45, 7) is 7.28. The van der Waals surface area contributed by atoms with Crippen LogP contribution in [0.1, 0.15) is 63.0 Å². The molecule has 1 fully saturated rings. The predicted octanol–water partition coefficient (Wildman–Crippen LogP) is 4.10. The highest BCUT2D eigenvalue weighted by Gasteiger charge is 2.35. The lowest BCUT2D eigenvalue weighted by Gasteiger charge is -2.31. The zero-order valence-electron chi connectivity index (χ0n) is 23.9. The molecule has 0 aliphatic carbocycles. The molecule has 2 heterocycles. The van der Waals surface area contributed by atoms with Gasteiger partial charge in [0.1, 0.15) is 12.1 Å². The number of nitrogens with zero attached hydrogens (tertiary/aromatic N) is 1. The summed E-state index contributed by atoms with van der Waals surface area (Å²) in [4.78, 5) is 41.8. The third-order valence-electron chi connectivity index (χ3n) is 6.84. The van der Waals surface area contributed by atoms with E-state index in [1.54, 1.807) is 0 Å². The second-order valence-electron chi connectivity index (χ2n) is 10.3. The fourth-order valence-electron chi connectivity index (χ4n) is 4.66. The number of pyridine rings is 1. The predicted molar refractivity (Wildman–Crippen MR) is 147 cm³/mol. The number of benzene rings is 1. The maximum Gasteiger partial charge on any atom is 0.329 e. The Morgan fingerprint density at radius 1 is 1.18 bits per heavy atom. The van der Waals surface area contributed by atoms with E-state index in [-0.39, 0.29) is 42.2 Å². The zero-order chi connectivity index (χ0) is 29.1. The van der Waals surface area contributed by atoms with Gasteiger partial charge in [-0.25, -0.2) is 9.78 Å². The van der Waals surface area contributed by atoms with Gasteiger partial charge in [-0.15, -0.1) is 0 Å². The third kappa shape index (κ3) is 8.94. The number of carbonyl (C=O) groups excluding carboxylic acids is 3. The van der Waals surface area contributed by atoms with Gasteiger partial charge >= 0.3 is 11.9 Å². The molecule has 1 N–H and O–H groups in total. The number of cyclic esters (lactones) is 1. The zero-order valence-corrected chi connectivity index (χ0v) is 23.9. The number of methoxy groups -OCH3 is 1. The summed E-state index contributed by atoms with van der Waals surface area (Å²) in [6, 6.07) is 10.7. The van der Waals surface area contributed by atoms with Crippen molar-refractivity contribution in [2.24, 2.45) is 11.8 Å². The van der Waals surface area contributed by atoms with Gasteiger partial charge in [-0.2, -0.15) is 0 Å². The molecule has 1 aromatic heterocycles. The van der Waals surface area contributed by atoms with E-state index in [1.165, 1.54) is 26.3 Å². The Hall–Kier alpha value is -3.66. The number of rotatable bonds is 11. The second kappa shape index (κ2) is 15.2. The Morgan fingerprint density at radius 2 is 1.93 bits per heavy atom. The van der Waals surface area contributed by atoms with Crippen LogP contribution in [0, 0.1) is 11.8 Å². The average molecular weight is 557 g/mol. The summed E-state index contributed by atoms with van der Waals surface area (Å²) in [5.74, 6) is -1.06. The summed E-state index contributed by atoms with van der Waals surface area (Å²) >= 11 is 0.